The van der Waals surface area contributed by atoms with Crippen LogP contribution in [0.3, 0.4) is 0 Å². The van der Waals surface area contributed by atoms with Crippen LogP contribution >= 0.6 is 23.1 Å². The van der Waals surface area contributed by atoms with E-state index < -0.39 is 0 Å². The lowest BCUT2D eigenvalue weighted by Gasteiger charge is -2.19. The van der Waals surface area contributed by atoms with Gasteiger partial charge in [0, 0.05) is 36.5 Å². The highest BCUT2D eigenvalue weighted by Crippen LogP contribution is 2.33. The molecule has 0 unspecified atom stereocenters. The highest BCUT2D eigenvalue weighted by Gasteiger charge is 2.24. The summed E-state index contributed by atoms with van der Waals surface area (Å²) >= 11 is 3.34. The number of ketones is 2. The van der Waals surface area contributed by atoms with Crippen molar-refractivity contribution in [3.05, 3.63) is 40.8 Å². The van der Waals surface area contributed by atoms with Crippen LogP contribution in [-0.2, 0) is 21.8 Å². The summed E-state index contributed by atoms with van der Waals surface area (Å²) < 4.78 is 7.33. The zero-order valence-electron chi connectivity index (χ0n) is 16.0. The molecule has 146 valence electrons. The molecule has 4 rings (SSSR count). The lowest BCUT2D eigenvalue weighted by molar-refractivity contribution is -0.126. The molecule has 3 aromatic rings. The first-order valence-corrected chi connectivity index (χ1v) is 11.3. The molecule has 7 heteroatoms. The van der Waals surface area contributed by atoms with E-state index >= 15 is 0 Å². The molecule has 0 N–H and O–H groups in total. The minimum Gasteiger partial charge on any atom is -0.361 e. The Kier molecular flexibility index (Phi) is 5.64. The molecule has 2 heterocycles. The summed E-state index contributed by atoms with van der Waals surface area (Å²) in [4.78, 5) is 28.6. The van der Waals surface area contributed by atoms with Gasteiger partial charge in [-0.2, -0.15) is 0 Å². The molecule has 0 bridgehead atoms. The van der Waals surface area contributed by atoms with Crippen LogP contribution in [0.1, 0.15) is 48.3 Å². The van der Waals surface area contributed by atoms with Crippen molar-refractivity contribution in [1.82, 2.24) is 10.1 Å². The molecule has 1 saturated carbocycles. The summed E-state index contributed by atoms with van der Waals surface area (Å²) in [5.41, 5.74) is 4.05. The van der Waals surface area contributed by atoms with Gasteiger partial charge in [0.25, 0.3) is 0 Å². The molecule has 2 aromatic heterocycles. The zero-order chi connectivity index (χ0) is 19.7. The number of fused-ring (bicyclic) bond motifs is 1. The number of hydrogen-bond acceptors (Lipinski definition) is 7. The molecule has 28 heavy (non-hydrogen) atoms. The summed E-state index contributed by atoms with van der Waals surface area (Å²) in [5, 5.41) is 4.00. The summed E-state index contributed by atoms with van der Waals surface area (Å²) in [6.45, 7) is 3.88. The Hall–Kier alpha value is -1.99. The maximum Gasteiger partial charge on any atom is 0.151 e. The molecule has 1 aliphatic carbocycles. The highest BCUT2D eigenvalue weighted by molar-refractivity contribution is 8.00. The van der Waals surface area contributed by atoms with Crippen LogP contribution in [0.4, 0.5) is 0 Å². The number of aromatic nitrogens is 2. The van der Waals surface area contributed by atoms with Crippen molar-refractivity contribution in [3.8, 4) is 0 Å². The van der Waals surface area contributed by atoms with Gasteiger partial charge in [-0.05, 0) is 44.4 Å². The smallest absolute Gasteiger partial charge is 0.151 e. The normalized spacial score (nSPS) is 15.4. The number of nitrogens with zero attached hydrogens (tertiary/aromatic N) is 2. The van der Waals surface area contributed by atoms with E-state index in [0.29, 0.717) is 32.1 Å². The summed E-state index contributed by atoms with van der Waals surface area (Å²) in [5.74, 6) is 2.22. The predicted octanol–water partition coefficient (Wildman–Crippen LogP) is 5.06. The number of thiazole rings is 1. The number of Topliss-reactive ketones (excluding diaryl/α,β-unsaturated/α-hetero) is 2. The van der Waals surface area contributed by atoms with Crippen molar-refractivity contribution in [1.29, 1.82) is 0 Å². The molecular formula is C21H22N2O3S2. The largest absolute Gasteiger partial charge is 0.361 e. The molecule has 1 fully saturated rings. The van der Waals surface area contributed by atoms with Gasteiger partial charge in [0.1, 0.15) is 17.3 Å². The van der Waals surface area contributed by atoms with Gasteiger partial charge in [-0.1, -0.05) is 23.0 Å². The number of carbonyl (C=O) groups is 2. The fraction of sp³-hybridized carbons (Fsp3) is 0.429. The Bertz CT molecular complexity index is 1010. The van der Waals surface area contributed by atoms with Gasteiger partial charge in [0.2, 0.25) is 0 Å². The van der Waals surface area contributed by atoms with Crippen molar-refractivity contribution < 1.29 is 14.1 Å². The molecule has 0 spiro atoms. The van der Waals surface area contributed by atoms with Gasteiger partial charge in [-0.15, -0.1) is 11.3 Å². The standard InChI is InChI=1S/C21H22N2O3S2/c1-12-17(13(2)26-23-12)11-27-21-22-18-8-3-14(10-20(18)28-21)9-19(25)15-4-6-16(24)7-5-15/h3,8,10,15H,4-7,9,11H2,1-2H3. The third-order valence-corrected chi connectivity index (χ3v) is 7.52. The molecule has 0 aliphatic heterocycles. The minimum absolute atomic E-state index is 0.0380. The molecule has 1 aromatic carbocycles. The van der Waals surface area contributed by atoms with Crippen LogP contribution in [0.15, 0.2) is 27.1 Å². The number of aryl methyl sites for hydroxylation is 2. The third-order valence-electron chi connectivity index (χ3n) is 5.33. The van der Waals surface area contributed by atoms with E-state index in [1.54, 1.807) is 23.1 Å². The summed E-state index contributed by atoms with van der Waals surface area (Å²) in [6, 6.07) is 6.08. The zero-order valence-corrected chi connectivity index (χ0v) is 17.6. The maximum atomic E-state index is 12.6. The Balaban J connectivity index is 1.43. The third kappa shape index (κ3) is 4.20. The molecule has 0 amide bonds. The lowest BCUT2D eigenvalue weighted by atomic mass is 9.83. The molecule has 0 atom stereocenters. The van der Waals surface area contributed by atoms with Gasteiger partial charge in [0.15, 0.2) is 4.34 Å². The van der Waals surface area contributed by atoms with Gasteiger partial charge < -0.3 is 4.52 Å². The lowest BCUT2D eigenvalue weighted by Crippen LogP contribution is -2.23. The van der Waals surface area contributed by atoms with Crippen LogP contribution in [-0.4, -0.2) is 21.7 Å². The van der Waals surface area contributed by atoms with E-state index in [-0.39, 0.29) is 17.5 Å². The molecule has 1 aliphatic rings. The second kappa shape index (κ2) is 8.17. The fourth-order valence-corrected chi connectivity index (χ4v) is 5.85. The highest BCUT2D eigenvalue weighted by atomic mass is 32.2. The molecule has 0 radical (unpaired) electrons. The fourth-order valence-electron chi connectivity index (χ4n) is 3.57. The average molecular weight is 415 g/mol. The molecule has 5 nitrogen and oxygen atoms in total. The van der Waals surface area contributed by atoms with Crippen LogP contribution in [0.5, 0.6) is 0 Å². The van der Waals surface area contributed by atoms with E-state index in [1.807, 2.05) is 26.0 Å². The first kappa shape index (κ1) is 19.3. The summed E-state index contributed by atoms with van der Waals surface area (Å²) in [6.07, 6.45) is 2.96. The maximum absolute atomic E-state index is 12.6. The van der Waals surface area contributed by atoms with Gasteiger partial charge in [0.05, 0.1) is 15.9 Å². The van der Waals surface area contributed by atoms with E-state index in [4.69, 9.17) is 9.51 Å². The van der Waals surface area contributed by atoms with Crippen molar-refractivity contribution >= 4 is 44.9 Å². The van der Waals surface area contributed by atoms with Crippen molar-refractivity contribution in [2.24, 2.45) is 5.92 Å². The van der Waals surface area contributed by atoms with Crippen molar-refractivity contribution in [2.45, 2.75) is 56.0 Å². The monoisotopic (exact) mass is 414 g/mol. The van der Waals surface area contributed by atoms with Crippen molar-refractivity contribution in [2.75, 3.05) is 0 Å². The van der Waals surface area contributed by atoms with Crippen LogP contribution in [0, 0.1) is 19.8 Å². The van der Waals surface area contributed by atoms with E-state index in [0.717, 1.165) is 42.9 Å². The van der Waals surface area contributed by atoms with Gasteiger partial charge in [-0.3, -0.25) is 9.59 Å². The van der Waals surface area contributed by atoms with Crippen molar-refractivity contribution in [3.63, 3.8) is 0 Å². The first-order valence-electron chi connectivity index (χ1n) is 9.48. The predicted molar refractivity (Wildman–Crippen MR) is 111 cm³/mol. The Morgan fingerprint density at radius 2 is 2.07 bits per heavy atom. The number of carbonyl (C=O) groups excluding carboxylic acids is 2. The molecular weight excluding hydrogens is 392 g/mol. The number of hydrogen-bond donors (Lipinski definition) is 0. The van der Waals surface area contributed by atoms with E-state index in [9.17, 15) is 9.59 Å². The molecule has 0 saturated heterocycles. The van der Waals surface area contributed by atoms with Crippen LogP contribution in [0.2, 0.25) is 0 Å². The first-order chi connectivity index (χ1) is 13.5. The van der Waals surface area contributed by atoms with Gasteiger partial charge in [-0.25, -0.2) is 4.98 Å². The quantitative estimate of drug-likeness (QED) is 0.525. The number of benzene rings is 1. The topological polar surface area (TPSA) is 73.1 Å². The minimum atomic E-state index is 0.0380. The Labute approximate surface area is 171 Å². The second-order valence-corrected chi connectivity index (χ2v) is 9.58. The summed E-state index contributed by atoms with van der Waals surface area (Å²) in [7, 11) is 0. The van der Waals surface area contributed by atoms with Gasteiger partial charge >= 0.3 is 0 Å². The van der Waals surface area contributed by atoms with Crippen LogP contribution in [0.25, 0.3) is 10.2 Å². The van der Waals surface area contributed by atoms with E-state index in [1.165, 1.54) is 0 Å². The van der Waals surface area contributed by atoms with E-state index in [2.05, 4.69) is 11.2 Å². The Morgan fingerprint density at radius 3 is 2.79 bits per heavy atom. The average Bonchev–Trinajstić information content (AvgIpc) is 3.22. The SMILES string of the molecule is Cc1noc(C)c1CSc1nc2ccc(CC(=O)C3CCC(=O)CC3)cc2s1. The van der Waals surface area contributed by atoms with Crippen LogP contribution < -0.4 is 0 Å². The number of rotatable bonds is 6. The Morgan fingerprint density at radius 1 is 1.29 bits per heavy atom. The second-order valence-electron chi connectivity index (χ2n) is 7.33. The number of thioether (sulfide) groups is 1.